The van der Waals surface area contributed by atoms with E-state index in [4.69, 9.17) is 14.2 Å². The van der Waals surface area contributed by atoms with Gasteiger partial charge in [-0.15, -0.1) is 0 Å². The quantitative estimate of drug-likeness (QED) is 0.610. The summed E-state index contributed by atoms with van der Waals surface area (Å²) in [6, 6.07) is 7.12. The Morgan fingerprint density at radius 3 is 2.90 bits per heavy atom. The highest BCUT2D eigenvalue weighted by Gasteiger charge is 2.43. The van der Waals surface area contributed by atoms with Crippen molar-refractivity contribution in [3.8, 4) is 17.1 Å². The van der Waals surface area contributed by atoms with E-state index >= 15 is 0 Å². The van der Waals surface area contributed by atoms with E-state index in [1.54, 1.807) is 18.1 Å². The van der Waals surface area contributed by atoms with Gasteiger partial charge >= 0.3 is 6.18 Å². The third-order valence-electron chi connectivity index (χ3n) is 4.74. The number of fused-ring (bicyclic) bond motifs is 1. The predicted molar refractivity (Wildman–Crippen MR) is 102 cm³/mol. The molecule has 0 radical (unpaired) electrons. The van der Waals surface area contributed by atoms with E-state index in [0.29, 0.717) is 42.7 Å². The molecular weight excluding hydrogens is 403 g/mol. The van der Waals surface area contributed by atoms with Gasteiger partial charge in [-0.2, -0.15) is 18.3 Å². The molecule has 8 nitrogen and oxygen atoms in total. The van der Waals surface area contributed by atoms with Gasteiger partial charge in [0.05, 0.1) is 31.0 Å². The number of aromatic amines is 1. The number of anilines is 1. The number of morpholine rings is 1. The standard InChI is InChI=1S/C19H20F3N5O3/c1-28-6-7-29-12-2-3-14-13(8-12)18(26-25-14)15-9-17(24-11-23-15)27-4-5-30-16(10-27)19(20,21)22/h2-3,8-9,11,16H,4-7,10H2,1H3,(H,25,26). The Kier molecular flexibility index (Phi) is 5.73. The lowest BCUT2D eigenvalue weighted by molar-refractivity contribution is -0.221. The normalized spacial score (nSPS) is 17.5. The molecule has 0 saturated carbocycles. The van der Waals surface area contributed by atoms with Gasteiger partial charge in [0.25, 0.3) is 0 Å². The van der Waals surface area contributed by atoms with Crippen molar-refractivity contribution in [3.63, 3.8) is 0 Å². The smallest absolute Gasteiger partial charge is 0.416 e. The monoisotopic (exact) mass is 423 g/mol. The van der Waals surface area contributed by atoms with E-state index in [9.17, 15) is 13.2 Å². The molecule has 0 amide bonds. The Morgan fingerprint density at radius 1 is 1.23 bits per heavy atom. The van der Waals surface area contributed by atoms with Gasteiger partial charge in [-0.05, 0) is 18.2 Å². The molecule has 0 bridgehead atoms. The fourth-order valence-electron chi connectivity index (χ4n) is 3.23. The zero-order valence-electron chi connectivity index (χ0n) is 16.1. The molecule has 0 spiro atoms. The van der Waals surface area contributed by atoms with E-state index in [-0.39, 0.29) is 13.2 Å². The predicted octanol–water partition coefficient (Wildman–Crippen LogP) is 2.81. The third kappa shape index (κ3) is 4.31. The van der Waals surface area contributed by atoms with Crippen LogP contribution in [0.25, 0.3) is 22.3 Å². The first-order valence-electron chi connectivity index (χ1n) is 9.31. The first kappa shape index (κ1) is 20.4. The summed E-state index contributed by atoms with van der Waals surface area (Å²) in [7, 11) is 1.60. The van der Waals surface area contributed by atoms with Crippen LogP contribution in [0.3, 0.4) is 0 Å². The third-order valence-corrected chi connectivity index (χ3v) is 4.74. The fourth-order valence-corrected chi connectivity index (χ4v) is 3.23. The lowest BCUT2D eigenvalue weighted by Crippen LogP contribution is -2.49. The van der Waals surface area contributed by atoms with Crippen LogP contribution in [0.1, 0.15) is 0 Å². The van der Waals surface area contributed by atoms with Crippen molar-refractivity contribution in [2.45, 2.75) is 12.3 Å². The van der Waals surface area contributed by atoms with Crippen molar-refractivity contribution in [1.29, 1.82) is 0 Å². The number of nitrogens with one attached hydrogen (secondary N) is 1. The molecule has 3 heterocycles. The van der Waals surface area contributed by atoms with Gasteiger partial charge in [-0.3, -0.25) is 5.10 Å². The first-order valence-corrected chi connectivity index (χ1v) is 9.31. The second-order valence-electron chi connectivity index (χ2n) is 6.73. The van der Waals surface area contributed by atoms with E-state index in [0.717, 1.165) is 10.9 Å². The van der Waals surface area contributed by atoms with Gasteiger partial charge in [-0.1, -0.05) is 0 Å². The molecule has 0 aliphatic carbocycles. The zero-order chi connectivity index (χ0) is 21.1. The fraction of sp³-hybridized carbons (Fsp3) is 0.421. The number of rotatable bonds is 6. The van der Waals surface area contributed by atoms with Gasteiger partial charge in [-0.25, -0.2) is 9.97 Å². The van der Waals surface area contributed by atoms with Gasteiger partial charge in [0.1, 0.15) is 30.2 Å². The molecule has 1 aliphatic rings. The summed E-state index contributed by atoms with van der Waals surface area (Å²) >= 11 is 0. The second-order valence-corrected chi connectivity index (χ2v) is 6.73. The molecule has 1 N–H and O–H groups in total. The lowest BCUT2D eigenvalue weighted by atomic mass is 10.1. The van der Waals surface area contributed by atoms with E-state index in [2.05, 4.69) is 20.2 Å². The van der Waals surface area contributed by atoms with Crippen molar-refractivity contribution in [3.05, 3.63) is 30.6 Å². The molecule has 4 rings (SSSR count). The second kappa shape index (κ2) is 8.44. The van der Waals surface area contributed by atoms with Crippen molar-refractivity contribution < 1.29 is 27.4 Å². The molecule has 1 fully saturated rings. The average molecular weight is 423 g/mol. The van der Waals surface area contributed by atoms with Crippen LogP contribution in [-0.4, -0.2) is 72.5 Å². The van der Waals surface area contributed by atoms with E-state index in [1.807, 2.05) is 18.2 Å². The van der Waals surface area contributed by atoms with Gasteiger partial charge in [0, 0.05) is 25.1 Å². The molecule has 1 atom stereocenters. The molecule has 1 aromatic carbocycles. The maximum Gasteiger partial charge on any atom is 0.416 e. The van der Waals surface area contributed by atoms with Crippen LogP contribution in [0, 0.1) is 0 Å². The van der Waals surface area contributed by atoms with Crippen LogP contribution < -0.4 is 9.64 Å². The topological polar surface area (TPSA) is 85.4 Å². The van der Waals surface area contributed by atoms with Crippen LogP contribution in [-0.2, 0) is 9.47 Å². The summed E-state index contributed by atoms with van der Waals surface area (Å²) in [6.07, 6.45) is -4.95. The van der Waals surface area contributed by atoms with Crippen molar-refractivity contribution in [2.75, 3.05) is 44.9 Å². The highest BCUT2D eigenvalue weighted by atomic mass is 19.4. The number of aromatic nitrogens is 4. The van der Waals surface area contributed by atoms with Gasteiger partial charge in [0.2, 0.25) is 0 Å². The number of H-pyrrole nitrogens is 1. The highest BCUT2D eigenvalue weighted by molar-refractivity contribution is 5.93. The summed E-state index contributed by atoms with van der Waals surface area (Å²) in [6.45, 7) is 0.825. The minimum absolute atomic E-state index is 0.0307. The molecular formula is C19H20F3N5O3. The van der Waals surface area contributed by atoms with Crippen LogP contribution in [0.4, 0.5) is 19.0 Å². The zero-order valence-corrected chi connectivity index (χ0v) is 16.1. The molecule has 160 valence electrons. The number of methoxy groups -OCH3 is 1. The summed E-state index contributed by atoms with van der Waals surface area (Å²) in [5.74, 6) is 1.04. The van der Waals surface area contributed by atoms with E-state index in [1.165, 1.54) is 6.33 Å². The first-order chi connectivity index (χ1) is 14.5. The largest absolute Gasteiger partial charge is 0.491 e. The number of benzene rings is 1. The van der Waals surface area contributed by atoms with Gasteiger partial charge < -0.3 is 19.1 Å². The summed E-state index contributed by atoms with van der Waals surface area (Å²) in [5, 5.41) is 8.04. The molecule has 1 aliphatic heterocycles. The molecule has 2 aromatic heterocycles. The molecule has 11 heteroatoms. The Labute approximate surface area is 170 Å². The number of alkyl halides is 3. The lowest BCUT2D eigenvalue weighted by Gasteiger charge is -2.34. The molecule has 30 heavy (non-hydrogen) atoms. The van der Waals surface area contributed by atoms with Gasteiger partial charge in [0.15, 0.2) is 6.10 Å². The maximum absolute atomic E-state index is 13.0. The molecule has 1 saturated heterocycles. The molecule has 1 unspecified atom stereocenters. The number of nitrogens with zero attached hydrogens (tertiary/aromatic N) is 4. The summed E-state index contributed by atoms with van der Waals surface area (Å²) in [5.41, 5.74) is 1.84. The van der Waals surface area contributed by atoms with Crippen molar-refractivity contribution in [2.24, 2.45) is 0 Å². The SMILES string of the molecule is COCCOc1ccc2[nH]nc(-c3cc(N4CCOC(C(F)(F)F)C4)ncn3)c2c1. The number of halogens is 3. The number of hydrogen-bond donors (Lipinski definition) is 1. The number of ether oxygens (including phenoxy) is 3. The molecule has 3 aromatic rings. The van der Waals surface area contributed by atoms with Crippen LogP contribution in [0.5, 0.6) is 5.75 Å². The maximum atomic E-state index is 13.0. The van der Waals surface area contributed by atoms with Crippen LogP contribution in [0.2, 0.25) is 0 Å². The minimum atomic E-state index is -4.42. The Hall–Kier alpha value is -2.92. The van der Waals surface area contributed by atoms with Crippen LogP contribution >= 0.6 is 0 Å². The minimum Gasteiger partial charge on any atom is -0.491 e. The summed E-state index contributed by atoms with van der Waals surface area (Å²) < 4.78 is 54.6. The summed E-state index contributed by atoms with van der Waals surface area (Å²) in [4.78, 5) is 9.96. The Balaban J connectivity index is 1.60. The highest BCUT2D eigenvalue weighted by Crippen LogP contribution is 2.31. The van der Waals surface area contributed by atoms with Crippen molar-refractivity contribution in [1.82, 2.24) is 20.2 Å². The number of hydrogen-bond acceptors (Lipinski definition) is 7. The van der Waals surface area contributed by atoms with Crippen molar-refractivity contribution >= 4 is 16.7 Å². The Bertz CT molecular complexity index is 1010. The average Bonchev–Trinajstić information content (AvgIpc) is 3.17. The Morgan fingerprint density at radius 2 is 2.10 bits per heavy atom. The van der Waals surface area contributed by atoms with Crippen LogP contribution in [0.15, 0.2) is 30.6 Å². The van der Waals surface area contributed by atoms with E-state index < -0.39 is 12.3 Å².